The van der Waals surface area contributed by atoms with Gasteiger partial charge in [0.2, 0.25) is 0 Å². The lowest BCUT2D eigenvalue weighted by molar-refractivity contribution is -0.146. The predicted molar refractivity (Wildman–Crippen MR) is 105 cm³/mol. The number of alkyl carbamates (subject to hydrolysis) is 1. The molecule has 0 aromatic heterocycles. The maximum Gasteiger partial charge on any atom is 0.408 e. The highest BCUT2D eigenvalue weighted by atomic mass is 35.5. The first-order valence-electron chi connectivity index (χ1n) is 8.79. The molecule has 2 aromatic rings. The van der Waals surface area contributed by atoms with Crippen LogP contribution < -0.4 is 5.32 Å². The van der Waals surface area contributed by atoms with E-state index < -0.39 is 24.7 Å². The molecule has 0 aliphatic carbocycles. The summed E-state index contributed by atoms with van der Waals surface area (Å²) in [5.41, 5.74) is 1.21. The number of ether oxygens (including phenoxy) is 2. The first kappa shape index (κ1) is 21.4. The van der Waals surface area contributed by atoms with Crippen LogP contribution in [-0.2, 0) is 20.9 Å². The number of esters is 1. The van der Waals surface area contributed by atoms with Crippen molar-refractivity contribution in [1.29, 1.82) is 0 Å². The second-order valence-corrected chi connectivity index (χ2v) is 6.90. The van der Waals surface area contributed by atoms with Gasteiger partial charge in [-0.15, -0.1) is 0 Å². The van der Waals surface area contributed by atoms with Crippen LogP contribution in [0, 0.1) is 5.92 Å². The molecule has 0 spiro atoms. The second kappa shape index (κ2) is 10.5. The molecule has 0 radical (unpaired) electrons. The Morgan fingerprint density at radius 3 is 2.21 bits per heavy atom. The van der Waals surface area contributed by atoms with Crippen molar-refractivity contribution in [2.75, 3.05) is 6.61 Å². The van der Waals surface area contributed by atoms with Gasteiger partial charge in [-0.05, 0) is 35.7 Å². The second-order valence-electron chi connectivity index (χ2n) is 6.47. The summed E-state index contributed by atoms with van der Waals surface area (Å²) in [6.45, 7) is 3.17. The summed E-state index contributed by atoms with van der Waals surface area (Å²) in [5, 5.41) is 3.00. The summed E-state index contributed by atoms with van der Waals surface area (Å²) in [4.78, 5) is 36.4. The van der Waals surface area contributed by atoms with Crippen LogP contribution >= 0.6 is 11.6 Å². The highest BCUT2D eigenvalue weighted by Gasteiger charge is 2.27. The van der Waals surface area contributed by atoms with Gasteiger partial charge in [0, 0.05) is 10.6 Å². The highest BCUT2D eigenvalue weighted by Crippen LogP contribution is 2.11. The molecule has 28 heavy (non-hydrogen) atoms. The van der Waals surface area contributed by atoms with E-state index in [1.54, 1.807) is 38.1 Å². The van der Waals surface area contributed by atoms with Crippen molar-refractivity contribution in [3.05, 3.63) is 70.7 Å². The number of carbonyl (C=O) groups excluding carboxylic acids is 3. The van der Waals surface area contributed by atoms with Crippen molar-refractivity contribution >= 4 is 29.4 Å². The number of halogens is 1. The Hall–Kier alpha value is -2.86. The molecule has 0 aliphatic rings. The first-order valence-corrected chi connectivity index (χ1v) is 9.17. The Morgan fingerprint density at radius 1 is 0.964 bits per heavy atom. The van der Waals surface area contributed by atoms with Gasteiger partial charge in [-0.3, -0.25) is 4.79 Å². The van der Waals surface area contributed by atoms with Gasteiger partial charge in [0.15, 0.2) is 12.4 Å². The maximum atomic E-state index is 12.3. The van der Waals surface area contributed by atoms with Gasteiger partial charge in [-0.25, -0.2) is 9.59 Å². The number of benzene rings is 2. The fraction of sp³-hybridized carbons (Fsp3) is 0.286. The molecule has 0 heterocycles. The lowest BCUT2D eigenvalue weighted by Crippen LogP contribution is -2.45. The molecular weight excluding hydrogens is 382 g/mol. The lowest BCUT2D eigenvalue weighted by Gasteiger charge is -2.20. The molecule has 0 saturated carbocycles. The maximum absolute atomic E-state index is 12.3. The molecular formula is C21H22ClNO5. The number of nitrogens with one attached hydrogen (secondary N) is 1. The fourth-order valence-electron chi connectivity index (χ4n) is 2.34. The molecule has 6 nitrogen and oxygen atoms in total. The first-order chi connectivity index (χ1) is 13.4. The SMILES string of the molecule is CC(C)[C@H](NC(=O)OCc1ccccc1)C(=O)OCC(=O)c1ccc(Cl)cc1. The molecule has 2 aromatic carbocycles. The molecule has 1 atom stereocenters. The van der Waals surface area contributed by atoms with Gasteiger partial charge in [0.05, 0.1) is 0 Å². The molecule has 7 heteroatoms. The van der Waals surface area contributed by atoms with E-state index in [4.69, 9.17) is 21.1 Å². The van der Waals surface area contributed by atoms with Crippen LogP contribution in [0.3, 0.4) is 0 Å². The monoisotopic (exact) mass is 403 g/mol. The van der Waals surface area contributed by atoms with Gasteiger partial charge in [-0.1, -0.05) is 55.8 Å². The molecule has 0 bridgehead atoms. The Bertz CT molecular complexity index is 805. The molecule has 0 fully saturated rings. The molecule has 1 N–H and O–H groups in total. The number of ketones is 1. The minimum atomic E-state index is -0.929. The van der Waals surface area contributed by atoms with E-state index in [9.17, 15) is 14.4 Å². The third kappa shape index (κ3) is 6.70. The quantitative estimate of drug-likeness (QED) is 0.531. The lowest BCUT2D eigenvalue weighted by atomic mass is 10.1. The van der Waals surface area contributed by atoms with Crippen molar-refractivity contribution in [1.82, 2.24) is 5.32 Å². The van der Waals surface area contributed by atoms with Gasteiger partial charge in [-0.2, -0.15) is 0 Å². The minimum Gasteiger partial charge on any atom is -0.456 e. The zero-order valence-corrected chi connectivity index (χ0v) is 16.4. The molecule has 1 amide bonds. The van der Waals surface area contributed by atoms with E-state index in [1.807, 2.05) is 30.3 Å². The van der Waals surface area contributed by atoms with Crippen molar-refractivity contribution in [3.63, 3.8) is 0 Å². The standard InChI is InChI=1S/C21H22ClNO5/c1-14(2)19(23-21(26)28-12-15-6-4-3-5-7-15)20(25)27-13-18(24)16-8-10-17(22)11-9-16/h3-11,14,19H,12-13H2,1-2H3,(H,23,26)/t19-/m0/s1. The van der Waals surface area contributed by atoms with E-state index in [0.29, 0.717) is 10.6 Å². The summed E-state index contributed by atoms with van der Waals surface area (Å²) >= 11 is 5.78. The number of Topliss-reactive ketones (excluding diaryl/α,β-unsaturated/α-hetero) is 1. The fourth-order valence-corrected chi connectivity index (χ4v) is 2.46. The van der Waals surface area contributed by atoms with Crippen LogP contribution in [0.15, 0.2) is 54.6 Å². The van der Waals surface area contributed by atoms with Crippen molar-refractivity contribution in [3.8, 4) is 0 Å². The largest absolute Gasteiger partial charge is 0.456 e. The van der Waals surface area contributed by atoms with Gasteiger partial charge < -0.3 is 14.8 Å². The van der Waals surface area contributed by atoms with E-state index >= 15 is 0 Å². The normalized spacial score (nSPS) is 11.6. The topological polar surface area (TPSA) is 81.7 Å². The highest BCUT2D eigenvalue weighted by molar-refractivity contribution is 6.30. The Kier molecular flexibility index (Phi) is 8.02. The van der Waals surface area contributed by atoms with Crippen LogP contribution in [-0.4, -0.2) is 30.5 Å². The van der Waals surface area contributed by atoms with Gasteiger partial charge in [0.1, 0.15) is 12.6 Å². The summed E-state index contributed by atoms with van der Waals surface area (Å²) < 4.78 is 10.2. The third-order valence-corrected chi connectivity index (χ3v) is 4.17. The van der Waals surface area contributed by atoms with Crippen molar-refractivity contribution < 1.29 is 23.9 Å². The van der Waals surface area contributed by atoms with Crippen molar-refractivity contribution in [2.24, 2.45) is 5.92 Å². The molecule has 148 valence electrons. The van der Waals surface area contributed by atoms with Crippen LogP contribution in [0.2, 0.25) is 5.02 Å². The molecule has 0 aliphatic heterocycles. The Balaban J connectivity index is 1.85. The number of hydrogen-bond acceptors (Lipinski definition) is 5. The van der Waals surface area contributed by atoms with E-state index in [-0.39, 0.29) is 18.3 Å². The average molecular weight is 404 g/mol. The van der Waals surface area contributed by atoms with Gasteiger partial charge in [0.25, 0.3) is 0 Å². The summed E-state index contributed by atoms with van der Waals surface area (Å²) in [6.07, 6.45) is -0.733. The Labute approximate surface area is 168 Å². The zero-order chi connectivity index (χ0) is 20.5. The number of amides is 1. The summed E-state index contributed by atoms with van der Waals surface area (Å²) in [6, 6.07) is 14.5. The average Bonchev–Trinajstić information content (AvgIpc) is 2.69. The van der Waals surface area contributed by atoms with E-state index in [2.05, 4.69) is 5.32 Å². The number of hydrogen-bond donors (Lipinski definition) is 1. The summed E-state index contributed by atoms with van der Waals surface area (Å²) in [5.74, 6) is -1.31. The van der Waals surface area contributed by atoms with Gasteiger partial charge >= 0.3 is 12.1 Å². The number of rotatable bonds is 8. The molecule has 0 saturated heterocycles. The van der Waals surface area contributed by atoms with Crippen LogP contribution in [0.1, 0.15) is 29.8 Å². The predicted octanol–water partition coefficient (Wildman–Crippen LogP) is 4.02. The summed E-state index contributed by atoms with van der Waals surface area (Å²) in [7, 11) is 0. The Morgan fingerprint density at radius 2 is 1.61 bits per heavy atom. The minimum absolute atomic E-state index is 0.0849. The zero-order valence-electron chi connectivity index (χ0n) is 15.7. The van der Waals surface area contributed by atoms with Crippen LogP contribution in [0.4, 0.5) is 4.79 Å². The van der Waals surface area contributed by atoms with Crippen molar-refractivity contribution in [2.45, 2.75) is 26.5 Å². The van der Waals surface area contributed by atoms with Crippen LogP contribution in [0.25, 0.3) is 0 Å². The third-order valence-electron chi connectivity index (χ3n) is 3.92. The molecule has 0 unspecified atom stereocenters. The molecule has 2 rings (SSSR count). The van der Waals surface area contributed by atoms with Crippen LogP contribution in [0.5, 0.6) is 0 Å². The smallest absolute Gasteiger partial charge is 0.408 e. The number of carbonyl (C=O) groups is 3. The van der Waals surface area contributed by atoms with E-state index in [1.165, 1.54) is 0 Å². The van der Waals surface area contributed by atoms with E-state index in [0.717, 1.165) is 5.56 Å².